The smallest absolute Gasteiger partial charge is 0.340 e. The number of nitrogens with zero attached hydrogens (tertiary/aromatic N) is 3. The van der Waals surface area contributed by atoms with Gasteiger partial charge in [-0.05, 0) is 31.6 Å². The van der Waals surface area contributed by atoms with E-state index in [0.717, 1.165) is 11.1 Å². The second-order valence-corrected chi connectivity index (χ2v) is 4.39. The van der Waals surface area contributed by atoms with Crippen molar-refractivity contribution < 1.29 is 9.53 Å². The first-order valence-corrected chi connectivity index (χ1v) is 6.41. The number of hydrogen-bond acceptors (Lipinski definition) is 4. The molecular formula is C15H17N3O2. The molecule has 0 N–H and O–H groups in total. The van der Waals surface area contributed by atoms with Gasteiger partial charge in [0.25, 0.3) is 0 Å². The molecular weight excluding hydrogens is 254 g/mol. The molecule has 2 rings (SSSR count). The fraction of sp³-hybridized carbons (Fsp3) is 0.267. The second kappa shape index (κ2) is 6.14. The van der Waals surface area contributed by atoms with Gasteiger partial charge in [-0.15, -0.1) is 0 Å². The minimum atomic E-state index is -0.377. The van der Waals surface area contributed by atoms with Crippen LogP contribution in [0.1, 0.15) is 23.7 Å². The molecule has 0 spiro atoms. The van der Waals surface area contributed by atoms with E-state index in [0.29, 0.717) is 17.9 Å². The van der Waals surface area contributed by atoms with Gasteiger partial charge in [-0.2, -0.15) is 5.10 Å². The third-order valence-electron chi connectivity index (χ3n) is 2.80. The summed E-state index contributed by atoms with van der Waals surface area (Å²) in [6, 6.07) is 3.75. The molecule has 5 nitrogen and oxygen atoms in total. The van der Waals surface area contributed by atoms with Crippen LogP contribution in [0.3, 0.4) is 0 Å². The summed E-state index contributed by atoms with van der Waals surface area (Å²) in [4.78, 5) is 16.4. The molecule has 0 fully saturated rings. The monoisotopic (exact) mass is 271 g/mol. The summed E-state index contributed by atoms with van der Waals surface area (Å²) in [6.07, 6.45) is 6.94. The van der Waals surface area contributed by atoms with E-state index in [4.69, 9.17) is 4.74 Å². The highest BCUT2D eigenvalue weighted by atomic mass is 16.5. The number of carbonyl (C=O) groups is 1. The highest BCUT2D eigenvalue weighted by Crippen LogP contribution is 2.20. The van der Waals surface area contributed by atoms with E-state index in [1.807, 2.05) is 32.3 Å². The van der Waals surface area contributed by atoms with Crippen molar-refractivity contribution in [2.75, 3.05) is 6.61 Å². The van der Waals surface area contributed by atoms with Crippen molar-refractivity contribution >= 4 is 17.6 Å². The van der Waals surface area contributed by atoms with Gasteiger partial charge in [-0.3, -0.25) is 9.67 Å². The lowest BCUT2D eigenvalue weighted by Crippen LogP contribution is -2.09. The summed E-state index contributed by atoms with van der Waals surface area (Å²) in [6.45, 7) is 4.03. The quantitative estimate of drug-likeness (QED) is 0.632. The van der Waals surface area contributed by atoms with Gasteiger partial charge in [0.05, 0.1) is 24.1 Å². The van der Waals surface area contributed by atoms with E-state index in [-0.39, 0.29) is 5.97 Å². The van der Waals surface area contributed by atoms with Gasteiger partial charge in [0.1, 0.15) is 0 Å². The van der Waals surface area contributed by atoms with Crippen LogP contribution in [0, 0.1) is 6.92 Å². The number of hydrogen-bond donors (Lipinski definition) is 0. The van der Waals surface area contributed by atoms with Gasteiger partial charge in [-0.1, -0.05) is 6.07 Å². The lowest BCUT2D eigenvalue weighted by molar-refractivity contribution is -0.136. The summed E-state index contributed by atoms with van der Waals surface area (Å²) >= 11 is 0. The lowest BCUT2D eigenvalue weighted by Gasteiger charge is -2.08. The molecule has 0 amide bonds. The normalized spacial score (nSPS) is 11.4. The minimum Gasteiger partial charge on any atom is -0.462 e. The first-order valence-electron chi connectivity index (χ1n) is 6.41. The molecule has 0 unspecified atom stereocenters. The third kappa shape index (κ3) is 3.12. The molecule has 2 heterocycles. The molecule has 0 bridgehead atoms. The largest absolute Gasteiger partial charge is 0.462 e. The van der Waals surface area contributed by atoms with Gasteiger partial charge >= 0.3 is 5.97 Å². The molecule has 0 saturated carbocycles. The predicted molar refractivity (Wildman–Crippen MR) is 76.7 cm³/mol. The average molecular weight is 271 g/mol. The molecule has 0 radical (unpaired) electrons. The molecule has 104 valence electrons. The Bertz CT molecular complexity index is 644. The Morgan fingerprint density at radius 3 is 2.90 bits per heavy atom. The number of aromatic nitrogens is 3. The van der Waals surface area contributed by atoms with Crippen LogP contribution in [0.5, 0.6) is 0 Å². The van der Waals surface area contributed by atoms with Crippen molar-refractivity contribution in [3.63, 3.8) is 0 Å². The van der Waals surface area contributed by atoms with Crippen LogP contribution in [0.2, 0.25) is 0 Å². The maximum absolute atomic E-state index is 12.1. The van der Waals surface area contributed by atoms with Crippen LogP contribution in [-0.4, -0.2) is 27.3 Å². The Hall–Kier alpha value is -2.43. The highest BCUT2D eigenvalue weighted by Gasteiger charge is 2.16. The molecule has 5 heteroatoms. The topological polar surface area (TPSA) is 57.0 Å². The summed E-state index contributed by atoms with van der Waals surface area (Å²) in [5.41, 5.74) is 2.84. The van der Waals surface area contributed by atoms with E-state index in [9.17, 15) is 4.79 Å². The summed E-state index contributed by atoms with van der Waals surface area (Å²) < 4.78 is 6.80. The fourth-order valence-electron chi connectivity index (χ4n) is 1.88. The summed E-state index contributed by atoms with van der Waals surface area (Å²) in [5, 5.41) is 4.09. The molecule has 0 aliphatic carbocycles. The number of carbonyl (C=O) groups excluding carboxylic acids is 1. The van der Waals surface area contributed by atoms with Crippen molar-refractivity contribution in [1.29, 1.82) is 0 Å². The molecule has 0 saturated heterocycles. The highest BCUT2D eigenvalue weighted by molar-refractivity contribution is 6.21. The molecule has 0 aliphatic heterocycles. The van der Waals surface area contributed by atoms with E-state index in [2.05, 4.69) is 10.1 Å². The maximum Gasteiger partial charge on any atom is 0.340 e. The maximum atomic E-state index is 12.1. The summed E-state index contributed by atoms with van der Waals surface area (Å²) in [5.74, 6) is -0.377. The van der Waals surface area contributed by atoms with E-state index < -0.39 is 0 Å². The molecule has 20 heavy (non-hydrogen) atoms. The minimum absolute atomic E-state index is 0.328. The van der Waals surface area contributed by atoms with E-state index in [1.165, 1.54) is 0 Å². The zero-order chi connectivity index (χ0) is 14.5. The van der Waals surface area contributed by atoms with Crippen LogP contribution >= 0.6 is 0 Å². The van der Waals surface area contributed by atoms with Gasteiger partial charge in [0.15, 0.2) is 0 Å². The van der Waals surface area contributed by atoms with Crippen molar-refractivity contribution in [2.45, 2.75) is 13.8 Å². The van der Waals surface area contributed by atoms with Crippen LogP contribution in [0.4, 0.5) is 0 Å². The van der Waals surface area contributed by atoms with Crippen molar-refractivity contribution in [2.24, 2.45) is 7.05 Å². The Kier molecular flexibility index (Phi) is 4.30. The molecule has 0 aromatic carbocycles. The lowest BCUT2D eigenvalue weighted by atomic mass is 10.1. The third-order valence-corrected chi connectivity index (χ3v) is 2.80. The average Bonchev–Trinajstić information content (AvgIpc) is 2.83. The van der Waals surface area contributed by atoms with Crippen LogP contribution < -0.4 is 0 Å². The number of aryl methyl sites for hydroxylation is 2. The number of ether oxygens (including phenoxy) is 1. The Morgan fingerprint density at radius 2 is 2.30 bits per heavy atom. The molecule has 2 aromatic rings. The zero-order valence-electron chi connectivity index (χ0n) is 11.8. The second-order valence-electron chi connectivity index (χ2n) is 4.39. The summed E-state index contributed by atoms with van der Waals surface area (Å²) in [7, 11) is 1.83. The van der Waals surface area contributed by atoms with Crippen LogP contribution in [0.15, 0.2) is 30.7 Å². The fourth-order valence-corrected chi connectivity index (χ4v) is 1.88. The number of esters is 1. The van der Waals surface area contributed by atoms with Gasteiger partial charge in [0, 0.05) is 25.0 Å². The zero-order valence-corrected chi connectivity index (χ0v) is 11.8. The van der Waals surface area contributed by atoms with Crippen molar-refractivity contribution in [3.8, 4) is 0 Å². The van der Waals surface area contributed by atoms with Crippen molar-refractivity contribution in [3.05, 3.63) is 47.5 Å². The first-order chi connectivity index (χ1) is 9.61. The molecule has 2 aromatic heterocycles. The Labute approximate surface area is 117 Å². The van der Waals surface area contributed by atoms with E-state index >= 15 is 0 Å². The first kappa shape index (κ1) is 14.0. The Morgan fingerprint density at radius 1 is 1.50 bits per heavy atom. The SMILES string of the molecule is CCOC(=O)/C(=C\c1cnn(C)c1)c1ncccc1C. The van der Waals surface area contributed by atoms with Crippen LogP contribution in [-0.2, 0) is 16.6 Å². The Balaban J connectivity index is 2.48. The van der Waals surface area contributed by atoms with Gasteiger partial charge < -0.3 is 4.74 Å². The molecule has 0 aliphatic rings. The standard InChI is InChI=1S/C15H17N3O2/c1-4-20-15(19)13(8-12-9-17-18(3)10-12)14-11(2)6-5-7-16-14/h5-10H,4H2,1-3H3/b13-8-. The van der Waals surface area contributed by atoms with Crippen LogP contribution in [0.25, 0.3) is 11.6 Å². The van der Waals surface area contributed by atoms with Crippen molar-refractivity contribution in [1.82, 2.24) is 14.8 Å². The van der Waals surface area contributed by atoms with Gasteiger partial charge in [-0.25, -0.2) is 4.79 Å². The number of pyridine rings is 1. The van der Waals surface area contributed by atoms with E-state index in [1.54, 1.807) is 30.1 Å². The predicted octanol–water partition coefficient (Wildman–Crippen LogP) is 2.23. The molecule has 0 atom stereocenters. The van der Waals surface area contributed by atoms with Gasteiger partial charge in [0.2, 0.25) is 0 Å². The number of rotatable bonds is 4.